The molecule has 0 spiro atoms. The molecule has 2 atom stereocenters. The van der Waals surface area contributed by atoms with E-state index in [4.69, 9.17) is 5.73 Å². The quantitative estimate of drug-likeness (QED) is 0.871. The van der Waals surface area contributed by atoms with Crippen LogP contribution in [0.3, 0.4) is 0 Å². The minimum Gasteiger partial charge on any atom is -0.369 e. The molecule has 96 valence electrons. The van der Waals surface area contributed by atoms with Crippen LogP contribution in [0.2, 0.25) is 0 Å². The Bertz CT molecular complexity index is 374. The van der Waals surface area contributed by atoms with Gasteiger partial charge in [0.05, 0.1) is 5.69 Å². The van der Waals surface area contributed by atoms with Crippen LogP contribution in [0.4, 0.5) is 10.1 Å². The molecule has 0 saturated carbocycles. The van der Waals surface area contributed by atoms with Crippen molar-refractivity contribution in [3.63, 3.8) is 0 Å². The number of hydrogen-bond donors (Lipinski definition) is 1. The smallest absolute Gasteiger partial charge is 0.146 e. The van der Waals surface area contributed by atoms with E-state index in [0.29, 0.717) is 17.6 Å². The van der Waals surface area contributed by atoms with Gasteiger partial charge in [0.25, 0.3) is 0 Å². The second kappa shape index (κ2) is 5.50. The van der Waals surface area contributed by atoms with E-state index < -0.39 is 0 Å². The number of nitrogens with zero attached hydrogens (tertiary/aromatic N) is 1. The van der Waals surface area contributed by atoms with Gasteiger partial charge in [-0.1, -0.05) is 19.9 Å². The molecule has 2 nitrogen and oxygen atoms in total. The maximum atomic E-state index is 14.0. The summed E-state index contributed by atoms with van der Waals surface area (Å²) in [5.41, 5.74) is 7.20. The molecule has 0 aliphatic heterocycles. The van der Waals surface area contributed by atoms with Crippen LogP contribution < -0.4 is 10.6 Å². The van der Waals surface area contributed by atoms with Crippen LogP contribution >= 0.6 is 0 Å². The predicted octanol–water partition coefficient (Wildman–Crippen LogP) is 3.33. The molecule has 1 rings (SSSR count). The third-order valence-electron chi connectivity index (χ3n) is 3.45. The molecule has 0 bridgehead atoms. The Labute approximate surface area is 104 Å². The van der Waals surface area contributed by atoms with Gasteiger partial charge >= 0.3 is 0 Å². The number of rotatable bonds is 4. The van der Waals surface area contributed by atoms with Gasteiger partial charge in [-0.25, -0.2) is 4.39 Å². The first-order valence-corrected chi connectivity index (χ1v) is 6.12. The SMILES string of the molecule is CC(N)c1ccc(N(C)C(C)C(C)C)c(F)c1. The maximum absolute atomic E-state index is 14.0. The zero-order valence-electron chi connectivity index (χ0n) is 11.4. The molecule has 0 heterocycles. The van der Waals surface area contributed by atoms with Crippen molar-refractivity contribution in [1.29, 1.82) is 0 Å². The lowest BCUT2D eigenvalue weighted by atomic mass is 10.0. The van der Waals surface area contributed by atoms with Crippen LogP contribution in [0.1, 0.15) is 39.3 Å². The van der Waals surface area contributed by atoms with E-state index in [1.54, 1.807) is 0 Å². The normalized spacial score (nSPS) is 14.8. The van der Waals surface area contributed by atoms with Crippen LogP contribution in [0, 0.1) is 11.7 Å². The highest BCUT2D eigenvalue weighted by molar-refractivity contribution is 5.49. The summed E-state index contributed by atoms with van der Waals surface area (Å²) in [6.07, 6.45) is 0. The zero-order chi connectivity index (χ0) is 13.2. The maximum Gasteiger partial charge on any atom is 0.146 e. The fourth-order valence-electron chi connectivity index (χ4n) is 1.76. The molecule has 0 aromatic heterocycles. The van der Waals surface area contributed by atoms with Crippen molar-refractivity contribution in [1.82, 2.24) is 0 Å². The molecule has 2 N–H and O–H groups in total. The third-order valence-corrected chi connectivity index (χ3v) is 3.45. The average Bonchev–Trinajstić information content (AvgIpc) is 2.26. The molecule has 1 aromatic carbocycles. The second-order valence-corrected chi connectivity index (χ2v) is 5.10. The Kier molecular flexibility index (Phi) is 4.52. The van der Waals surface area contributed by atoms with Crippen molar-refractivity contribution in [3.8, 4) is 0 Å². The van der Waals surface area contributed by atoms with Gasteiger partial charge in [0.1, 0.15) is 5.82 Å². The van der Waals surface area contributed by atoms with Crippen molar-refractivity contribution in [2.24, 2.45) is 11.7 Å². The minimum atomic E-state index is -0.199. The molecule has 0 radical (unpaired) electrons. The molecule has 2 unspecified atom stereocenters. The van der Waals surface area contributed by atoms with Crippen molar-refractivity contribution in [2.75, 3.05) is 11.9 Å². The summed E-state index contributed by atoms with van der Waals surface area (Å²) >= 11 is 0. The van der Waals surface area contributed by atoms with E-state index >= 15 is 0 Å². The summed E-state index contributed by atoms with van der Waals surface area (Å²) in [6, 6.07) is 5.40. The Hall–Kier alpha value is -1.09. The molecule has 0 aliphatic rings. The lowest BCUT2D eigenvalue weighted by molar-refractivity contribution is 0.497. The average molecular weight is 238 g/mol. The summed E-state index contributed by atoms with van der Waals surface area (Å²) in [5.74, 6) is 0.280. The van der Waals surface area contributed by atoms with E-state index in [2.05, 4.69) is 20.8 Å². The minimum absolute atomic E-state index is 0.133. The third kappa shape index (κ3) is 3.19. The number of halogens is 1. The largest absolute Gasteiger partial charge is 0.369 e. The highest BCUT2D eigenvalue weighted by atomic mass is 19.1. The molecular formula is C14H23FN2. The zero-order valence-corrected chi connectivity index (χ0v) is 11.4. The van der Waals surface area contributed by atoms with Gasteiger partial charge in [-0.2, -0.15) is 0 Å². The van der Waals surface area contributed by atoms with E-state index in [-0.39, 0.29) is 11.9 Å². The monoisotopic (exact) mass is 238 g/mol. The number of hydrogen-bond acceptors (Lipinski definition) is 2. The van der Waals surface area contributed by atoms with Crippen molar-refractivity contribution in [3.05, 3.63) is 29.6 Å². The molecule has 1 aromatic rings. The van der Waals surface area contributed by atoms with E-state index in [1.807, 2.05) is 31.0 Å². The van der Waals surface area contributed by atoms with Gasteiger partial charge in [0.15, 0.2) is 0 Å². The highest BCUT2D eigenvalue weighted by Crippen LogP contribution is 2.25. The summed E-state index contributed by atoms with van der Waals surface area (Å²) < 4.78 is 14.0. The Morgan fingerprint density at radius 3 is 2.18 bits per heavy atom. The van der Waals surface area contributed by atoms with E-state index in [1.165, 1.54) is 6.07 Å². The standard InChI is InChI=1S/C14H23FN2/c1-9(2)11(4)17(5)14-7-6-12(10(3)16)8-13(14)15/h6-11H,16H2,1-5H3. The van der Waals surface area contributed by atoms with Crippen LogP contribution in [0.25, 0.3) is 0 Å². The molecular weight excluding hydrogens is 215 g/mol. The summed E-state index contributed by atoms with van der Waals surface area (Å²) in [5, 5.41) is 0. The molecule has 3 heteroatoms. The van der Waals surface area contributed by atoms with Crippen molar-refractivity contribution in [2.45, 2.75) is 39.8 Å². The summed E-state index contributed by atoms with van der Waals surface area (Å²) in [6.45, 7) is 8.23. The topological polar surface area (TPSA) is 29.3 Å². The first-order chi connectivity index (χ1) is 7.84. The van der Waals surface area contributed by atoms with Crippen LogP contribution in [0.15, 0.2) is 18.2 Å². The first-order valence-electron chi connectivity index (χ1n) is 6.12. The summed E-state index contributed by atoms with van der Waals surface area (Å²) in [7, 11) is 1.93. The fraction of sp³-hybridized carbons (Fsp3) is 0.571. The Balaban J connectivity index is 2.99. The Morgan fingerprint density at radius 1 is 1.18 bits per heavy atom. The molecule has 0 saturated heterocycles. The number of nitrogens with two attached hydrogens (primary N) is 1. The molecule has 0 aliphatic carbocycles. The highest BCUT2D eigenvalue weighted by Gasteiger charge is 2.17. The van der Waals surface area contributed by atoms with Gasteiger partial charge in [-0.3, -0.25) is 0 Å². The van der Waals surface area contributed by atoms with Gasteiger partial charge in [-0.05, 0) is 37.5 Å². The van der Waals surface area contributed by atoms with Gasteiger partial charge in [-0.15, -0.1) is 0 Å². The molecule has 0 amide bonds. The lowest BCUT2D eigenvalue weighted by Gasteiger charge is -2.30. The molecule has 0 fully saturated rings. The molecule has 17 heavy (non-hydrogen) atoms. The van der Waals surface area contributed by atoms with Crippen LogP contribution in [0.5, 0.6) is 0 Å². The van der Waals surface area contributed by atoms with E-state index in [9.17, 15) is 4.39 Å². The fourth-order valence-corrected chi connectivity index (χ4v) is 1.76. The first kappa shape index (κ1) is 14.0. The van der Waals surface area contributed by atoms with Crippen molar-refractivity contribution >= 4 is 5.69 Å². The summed E-state index contributed by atoms with van der Waals surface area (Å²) in [4.78, 5) is 1.98. The van der Waals surface area contributed by atoms with Gasteiger partial charge in [0.2, 0.25) is 0 Å². The number of anilines is 1. The number of benzene rings is 1. The van der Waals surface area contributed by atoms with E-state index in [0.717, 1.165) is 5.56 Å². The second-order valence-electron chi connectivity index (χ2n) is 5.10. The lowest BCUT2D eigenvalue weighted by Crippen LogP contribution is -2.33. The predicted molar refractivity (Wildman–Crippen MR) is 71.7 cm³/mol. The van der Waals surface area contributed by atoms with Crippen LogP contribution in [-0.2, 0) is 0 Å². The van der Waals surface area contributed by atoms with Crippen molar-refractivity contribution < 1.29 is 4.39 Å². The van der Waals surface area contributed by atoms with Gasteiger partial charge in [0, 0.05) is 19.1 Å². The Morgan fingerprint density at radius 2 is 1.76 bits per heavy atom. The van der Waals surface area contributed by atoms with Gasteiger partial charge < -0.3 is 10.6 Å². The van der Waals surface area contributed by atoms with Crippen LogP contribution in [-0.4, -0.2) is 13.1 Å².